The summed E-state index contributed by atoms with van der Waals surface area (Å²) < 4.78 is 19.4. The summed E-state index contributed by atoms with van der Waals surface area (Å²) in [4.78, 5) is 2.45. The van der Waals surface area contributed by atoms with Crippen LogP contribution in [0.4, 0.5) is 4.39 Å². The largest absolute Gasteiger partial charge is 0.491 e. The van der Waals surface area contributed by atoms with E-state index in [4.69, 9.17) is 4.74 Å². The number of hydrogen-bond donors (Lipinski definition) is 0. The van der Waals surface area contributed by atoms with Crippen LogP contribution in [0.25, 0.3) is 0 Å². The maximum atomic E-state index is 13.8. The summed E-state index contributed by atoms with van der Waals surface area (Å²) >= 11 is 0. The molecule has 1 aliphatic heterocycles. The van der Waals surface area contributed by atoms with Crippen LogP contribution in [-0.4, -0.2) is 31.1 Å². The molecule has 0 spiro atoms. The molecular formula is C16H28FNO. The molecule has 1 heterocycles. The zero-order chi connectivity index (χ0) is 13.9. The van der Waals surface area contributed by atoms with Crippen LogP contribution in [0.15, 0.2) is 23.7 Å². The predicted molar refractivity (Wildman–Crippen MR) is 78.7 cm³/mol. The molecule has 110 valence electrons. The highest BCUT2D eigenvalue weighted by Crippen LogP contribution is 2.16. The molecule has 0 amide bonds. The lowest BCUT2D eigenvalue weighted by molar-refractivity contribution is 0.187. The molecule has 0 atom stereocenters. The molecule has 0 bridgehead atoms. The van der Waals surface area contributed by atoms with Crippen LogP contribution < -0.4 is 0 Å². The summed E-state index contributed by atoms with van der Waals surface area (Å²) in [6.45, 7) is 8.14. The van der Waals surface area contributed by atoms with E-state index in [1.807, 2.05) is 19.9 Å². The number of rotatable bonds is 9. The average molecular weight is 269 g/mol. The molecule has 3 heteroatoms. The maximum Gasteiger partial charge on any atom is 0.160 e. The fraction of sp³-hybridized carbons (Fsp3) is 0.750. The number of ether oxygens (including phenoxy) is 1. The first kappa shape index (κ1) is 16.2. The minimum atomic E-state index is -0.204. The van der Waals surface area contributed by atoms with Crippen LogP contribution in [-0.2, 0) is 4.74 Å². The molecule has 1 fully saturated rings. The molecule has 1 aliphatic rings. The Labute approximate surface area is 117 Å². The third-order valence-electron chi connectivity index (χ3n) is 3.31. The van der Waals surface area contributed by atoms with Gasteiger partial charge >= 0.3 is 0 Å². The van der Waals surface area contributed by atoms with Crippen LogP contribution >= 0.6 is 0 Å². The molecule has 0 aromatic rings. The number of allylic oxidation sites excluding steroid dienone is 3. The Balaban J connectivity index is 2.27. The van der Waals surface area contributed by atoms with Crippen molar-refractivity contribution in [2.24, 2.45) is 0 Å². The van der Waals surface area contributed by atoms with E-state index < -0.39 is 0 Å². The van der Waals surface area contributed by atoms with Gasteiger partial charge in [0.2, 0.25) is 0 Å². The zero-order valence-electron chi connectivity index (χ0n) is 12.5. The molecule has 2 nitrogen and oxygen atoms in total. The number of nitrogens with zero attached hydrogens (tertiary/aromatic N) is 1. The summed E-state index contributed by atoms with van der Waals surface area (Å²) in [5, 5.41) is 0. The third kappa shape index (κ3) is 6.76. The van der Waals surface area contributed by atoms with E-state index in [2.05, 4.69) is 4.90 Å². The first-order valence-electron chi connectivity index (χ1n) is 7.69. The van der Waals surface area contributed by atoms with Crippen molar-refractivity contribution in [3.8, 4) is 0 Å². The quantitative estimate of drug-likeness (QED) is 0.348. The normalized spacial score (nSPS) is 18.1. The van der Waals surface area contributed by atoms with E-state index in [1.54, 1.807) is 6.08 Å². The highest BCUT2D eigenvalue weighted by molar-refractivity contribution is 5.19. The first-order valence-corrected chi connectivity index (χ1v) is 7.69. The molecular weight excluding hydrogens is 241 g/mol. The predicted octanol–water partition coefficient (Wildman–Crippen LogP) is 4.44. The molecule has 1 saturated heterocycles. The van der Waals surface area contributed by atoms with Gasteiger partial charge in [-0.1, -0.05) is 20.3 Å². The van der Waals surface area contributed by atoms with Gasteiger partial charge in [-0.3, -0.25) is 0 Å². The lowest BCUT2D eigenvalue weighted by Crippen LogP contribution is -2.21. The Bertz CT molecular complexity index is 293. The van der Waals surface area contributed by atoms with Gasteiger partial charge in [0.05, 0.1) is 6.61 Å². The van der Waals surface area contributed by atoms with Crippen molar-refractivity contribution in [3.05, 3.63) is 23.7 Å². The highest BCUT2D eigenvalue weighted by atomic mass is 19.1. The number of unbranched alkanes of at least 4 members (excludes halogenated alkanes) is 1. The van der Waals surface area contributed by atoms with Crippen molar-refractivity contribution in [1.29, 1.82) is 0 Å². The fourth-order valence-electron chi connectivity index (χ4n) is 2.26. The molecule has 0 aliphatic carbocycles. The Kier molecular flexibility index (Phi) is 8.55. The number of halogens is 1. The molecule has 0 radical (unpaired) electrons. The average Bonchev–Trinajstić information content (AvgIpc) is 2.92. The van der Waals surface area contributed by atoms with E-state index in [1.165, 1.54) is 25.9 Å². The van der Waals surface area contributed by atoms with Gasteiger partial charge in [0.1, 0.15) is 0 Å². The van der Waals surface area contributed by atoms with Gasteiger partial charge < -0.3 is 9.64 Å². The van der Waals surface area contributed by atoms with Crippen molar-refractivity contribution in [3.63, 3.8) is 0 Å². The van der Waals surface area contributed by atoms with Crippen molar-refractivity contribution < 1.29 is 9.13 Å². The van der Waals surface area contributed by atoms with Crippen LogP contribution in [0.2, 0.25) is 0 Å². The Morgan fingerprint density at radius 2 is 1.95 bits per heavy atom. The van der Waals surface area contributed by atoms with Gasteiger partial charge in [-0.15, -0.1) is 0 Å². The van der Waals surface area contributed by atoms with E-state index in [0.29, 0.717) is 12.4 Å². The van der Waals surface area contributed by atoms with E-state index in [9.17, 15) is 4.39 Å². The van der Waals surface area contributed by atoms with Gasteiger partial charge in [0.15, 0.2) is 11.6 Å². The summed E-state index contributed by atoms with van der Waals surface area (Å²) in [7, 11) is 0. The summed E-state index contributed by atoms with van der Waals surface area (Å²) in [6.07, 6.45) is 9.59. The minimum Gasteiger partial charge on any atom is -0.491 e. The van der Waals surface area contributed by atoms with Gasteiger partial charge in [-0.25, -0.2) is 4.39 Å². The van der Waals surface area contributed by atoms with Crippen LogP contribution in [0, 0.1) is 0 Å². The van der Waals surface area contributed by atoms with Crippen molar-refractivity contribution in [2.45, 2.75) is 52.4 Å². The van der Waals surface area contributed by atoms with Crippen LogP contribution in [0.3, 0.4) is 0 Å². The lowest BCUT2D eigenvalue weighted by Gasteiger charge is -2.15. The van der Waals surface area contributed by atoms with Gasteiger partial charge in [-0.2, -0.15) is 0 Å². The number of hydrogen-bond acceptors (Lipinski definition) is 2. The first-order chi connectivity index (χ1) is 9.27. The second kappa shape index (κ2) is 10.0. The van der Waals surface area contributed by atoms with Gasteiger partial charge in [0, 0.05) is 6.54 Å². The van der Waals surface area contributed by atoms with Gasteiger partial charge in [0.25, 0.3) is 0 Å². The smallest absolute Gasteiger partial charge is 0.160 e. The highest BCUT2D eigenvalue weighted by Gasteiger charge is 2.11. The Morgan fingerprint density at radius 1 is 1.21 bits per heavy atom. The maximum absolute atomic E-state index is 13.8. The monoisotopic (exact) mass is 269 g/mol. The SMILES string of the molecule is CC/C=C(OCCCN1CCCC1)\C(F)=C/CCC. The molecule has 0 aromatic heterocycles. The number of likely N-dealkylation sites (tertiary alicyclic amines) is 1. The van der Waals surface area contributed by atoms with Crippen molar-refractivity contribution in [1.82, 2.24) is 4.90 Å². The van der Waals surface area contributed by atoms with Gasteiger partial charge in [-0.05, 0) is 57.3 Å². The molecule has 0 unspecified atom stereocenters. The second-order valence-electron chi connectivity index (χ2n) is 5.07. The van der Waals surface area contributed by atoms with Crippen molar-refractivity contribution in [2.75, 3.05) is 26.2 Å². The molecule has 19 heavy (non-hydrogen) atoms. The molecule has 1 rings (SSSR count). The van der Waals surface area contributed by atoms with Crippen LogP contribution in [0.5, 0.6) is 0 Å². The van der Waals surface area contributed by atoms with Crippen molar-refractivity contribution >= 4 is 0 Å². The zero-order valence-corrected chi connectivity index (χ0v) is 12.5. The van der Waals surface area contributed by atoms with E-state index >= 15 is 0 Å². The molecule has 0 saturated carbocycles. The van der Waals surface area contributed by atoms with Crippen LogP contribution in [0.1, 0.15) is 52.4 Å². The minimum absolute atomic E-state index is 0.204. The summed E-state index contributed by atoms with van der Waals surface area (Å²) in [5.74, 6) is 0.224. The topological polar surface area (TPSA) is 12.5 Å². The standard InChI is InChI=1S/C16H28FNO/c1-3-5-10-15(17)16(9-4-2)19-14-8-13-18-11-6-7-12-18/h9-10H,3-8,11-14H2,1-2H3/b15-10+,16-9+. The van der Waals surface area contributed by atoms with E-state index in [-0.39, 0.29) is 5.83 Å². The molecule has 0 N–H and O–H groups in total. The Hall–Kier alpha value is -0.830. The van der Waals surface area contributed by atoms with E-state index in [0.717, 1.165) is 32.2 Å². The second-order valence-corrected chi connectivity index (χ2v) is 5.07. The third-order valence-corrected chi connectivity index (χ3v) is 3.31. The fourth-order valence-corrected chi connectivity index (χ4v) is 2.26. The lowest BCUT2D eigenvalue weighted by atomic mass is 10.2. The summed E-state index contributed by atoms with van der Waals surface area (Å²) in [5.41, 5.74) is 0. The Morgan fingerprint density at radius 3 is 2.58 bits per heavy atom. The summed E-state index contributed by atoms with van der Waals surface area (Å²) in [6, 6.07) is 0. The molecule has 0 aromatic carbocycles.